The minimum absolute atomic E-state index is 0.574. The zero-order valence-electron chi connectivity index (χ0n) is 11.1. The van der Waals surface area contributed by atoms with Crippen molar-refractivity contribution in [2.45, 2.75) is 13.0 Å². The van der Waals surface area contributed by atoms with Crippen LogP contribution in [0.4, 0.5) is 0 Å². The van der Waals surface area contributed by atoms with Crippen molar-refractivity contribution in [1.29, 1.82) is 0 Å². The molecular formula is C14H20N4O. The van der Waals surface area contributed by atoms with E-state index in [1.807, 2.05) is 6.20 Å². The monoisotopic (exact) mass is 260 g/mol. The van der Waals surface area contributed by atoms with E-state index in [1.54, 1.807) is 0 Å². The van der Waals surface area contributed by atoms with Gasteiger partial charge in [0, 0.05) is 38.8 Å². The molecule has 102 valence electrons. The minimum Gasteiger partial charge on any atom is -0.379 e. The standard InChI is InChI=1S/C14H20N4O/c15-10-12-1-4-18-13(9-12)11-16-14(18)2-3-17-5-7-19-8-6-17/h1,4,9,11H,2-3,5-8,10,15H2. The summed E-state index contributed by atoms with van der Waals surface area (Å²) in [6.07, 6.45) is 4.96. The van der Waals surface area contributed by atoms with Gasteiger partial charge in [-0.25, -0.2) is 4.98 Å². The number of morpholine rings is 1. The number of hydrogen-bond acceptors (Lipinski definition) is 4. The van der Waals surface area contributed by atoms with Crippen LogP contribution in [0.15, 0.2) is 24.5 Å². The normalized spacial score (nSPS) is 17.1. The predicted octanol–water partition coefficient (Wildman–Crippen LogP) is 0.668. The van der Waals surface area contributed by atoms with Gasteiger partial charge in [0.15, 0.2) is 0 Å². The second-order valence-electron chi connectivity index (χ2n) is 4.91. The van der Waals surface area contributed by atoms with Crippen molar-refractivity contribution in [3.63, 3.8) is 0 Å². The van der Waals surface area contributed by atoms with Gasteiger partial charge in [-0.2, -0.15) is 0 Å². The van der Waals surface area contributed by atoms with Gasteiger partial charge in [-0.3, -0.25) is 4.90 Å². The maximum Gasteiger partial charge on any atom is 0.114 e. The van der Waals surface area contributed by atoms with Crippen LogP contribution in [0.1, 0.15) is 11.4 Å². The number of fused-ring (bicyclic) bond motifs is 1. The Hall–Kier alpha value is -1.43. The molecule has 0 aliphatic carbocycles. The lowest BCUT2D eigenvalue weighted by molar-refractivity contribution is 0.0382. The van der Waals surface area contributed by atoms with Gasteiger partial charge in [0.1, 0.15) is 5.82 Å². The second-order valence-corrected chi connectivity index (χ2v) is 4.91. The fraction of sp³-hybridized carbons (Fsp3) is 0.500. The molecular weight excluding hydrogens is 240 g/mol. The molecule has 1 aliphatic rings. The van der Waals surface area contributed by atoms with E-state index in [2.05, 4.69) is 32.6 Å². The second kappa shape index (κ2) is 5.69. The lowest BCUT2D eigenvalue weighted by Gasteiger charge is -2.26. The van der Waals surface area contributed by atoms with Crippen molar-refractivity contribution in [2.75, 3.05) is 32.8 Å². The number of nitrogens with zero attached hydrogens (tertiary/aromatic N) is 3. The Kier molecular flexibility index (Phi) is 3.77. The predicted molar refractivity (Wildman–Crippen MR) is 74.0 cm³/mol. The van der Waals surface area contributed by atoms with E-state index in [-0.39, 0.29) is 0 Å². The van der Waals surface area contributed by atoms with E-state index >= 15 is 0 Å². The summed E-state index contributed by atoms with van der Waals surface area (Å²) in [7, 11) is 0. The molecule has 2 aromatic heterocycles. The summed E-state index contributed by atoms with van der Waals surface area (Å²) in [5.74, 6) is 1.12. The van der Waals surface area contributed by atoms with Crippen molar-refractivity contribution in [1.82, 2.24) is 14.3 Å². The molecule has 19 heavy (non-hydrogen) atoms. The molecule has 5 heteroatoms. The largest absolute Gasteiger partial charge is 0.379 e. The van der Waals surface area contributed by atoms with Crippen LogP contribution < -0.4 is 5.73 Å². The highest BCUT2D eigenvalue weighted by molar-refractivity contribution is 5.48. The van der Waals surface area contributed by atoms with Crippen LogP contribution >= 0.6 is 0 Å². The maximum absolute atomic E-state index is 5.66. The van der Waals surface area contributed by atoms with Crippen LogP contribution in [-0.2, 0) is 17.7 Å². The fourth-order valence-corrected chi connectivity index (χ4v) is 2.50. The first kappa shape index (κ1) is 12.6. The van der Waals surface area contributed by atoms with Crippen LogP contribution in [0.2, 0.25) is 0 Å². The summed E-state index contributed by atoms with van der Waals surface area (Å²) < 4.78 is 7.51. The average molecular weight is 260 g/mol. The Morgan fingerprint density at radius 2 is 2.16 bits per heavy atom. The van der Waals surface area contributed by atoms with E-state index in [0.29, 0.717) is 6.54 Å². The van der Waals surface area contributed by atoms with Crippen molar-refractivity contribution in [3.8, 4) is 0 Å². The van der Waals surface area contributed by atoms with Crippen LogP contribution in [0.3, 0.4) is 0 Å². The van der Waals surface area contributed by atoms with Crippen LogP contribution in [0.5, 0.6) is 0 Å². The maximum atomic E-state index is 5.66. The van der Waals surface area contributed by atoms with Gasteiger partial charge in [0.2, 0.25) is 0 Å². The molecule has 1 saturated heterocycles. The molecule has 0 spiro atoms. The number of imidazole rings is 1. The molecule has 3 rings (SSSR count). The van der Waals surface area contributed by atoms with Gasteiger partial charge < -0.3 is 14.9 Å². The number of hydrogen-bond donors (Lipinski definition) is 1. The number of rotatable bonds is 4. The van der Waals surface area contributed by atoms with Crippen molar-refractivity contribution in [3.05, 3.63) is 35.9 Å². The lowest BCUT2D eigenvalue weighted by Crippen LogP contribution is -2.37. The Morgan fingerprint density at radius 1 is 1.32 bits per heavy atom. The summed E-state index contributed by atoms with van der Waals surface area (Å²) in [6, 6.07) is 4.16. The van der Waals surface area contributed by atoms with Crippen molar-refractivity contribution >= 4 is 5.52 Å². The zero-order valence-corrected chi connectivity index (χ0v) is 11.1. The van der Waals surface area contributed by atoms with Gasteiger partial charge in [0.05, 0.1) is 24.9 Å². The van der Waals surface area contributed by atoms with Gasteiger partial charge in [-0.1, -0.05) is 0 Å². The topological polar surface area (TPSA) is 55.8 Å². The first-order valence-corrected chi connectivity index (χ1v) is 6.82. The quantitative estimate of drug-likeness (QED) is 0.878. The van der Waals surface area contributed by atoms with Crippen molar-refractivity contribution in [2.24, 2.45) is 5.73 Å². The molecule has 0 saturated carbocycles. The highest BCUT2D eigenvalue weighted by Crippen LogP contribution is 2.11. The Labute approximate surface area is 113 Å². The molecule has 1 fully saturated rings. The molecule has 0 unspecified atom stereocenters. The summed E-state index contributed by atoms with van der Waals surface area (Å²) >= 11 is 0. The van der Waals surface area contributed by atoms with Gasteiger partial charge >= 0.3 is 0 Å². The molecule has 2 aromatic rings. The number of ether oxygens (including phenoxy) is 1. The van der Waals surface area contributed by atoms with Crippen LogP contribution in [-0.4, -0.2) is 47.1 Å². The Bertz CT molecular complexity index is 545. The van der Waals surface area contributed by atoms with E-state index in [1.165, 1.54) is 0 Å². The third-order valence-corrected chi connectivity index (χ3v) is 3.66. The molecule has 0 bridgehead atoms. The van der Waals surface area contributed by atoms with E-state index in [9.17, 15) is 0 Å². The minimum atomic E-state index is 0.574. The number of pyridine rings is 1. The molecule has 2 N–H and O–H groups in total. The van der Waals surface area contributed by atoms with Gasteiger partial charge in [-0.05, 0) is 17.7 Å². The molecule has 0 atom stereocenters. The van der Waals surface area contributed by atoms with Gasteiger partial charge in [0.25, 0.3) is 0 Å². The first-order valence-electron chi connectivity index (χ1n) is 6.82. The molecule has 5 nitrogen and oxygen atoms in total. The molecule has 0 amide bonds. The summed E-state index contributed by atoms with van der Waals surface area (Å²) in [6.45, 7) is 5.37. The third-order valence-electron chi connectivity index (χ3n) is 3.66. The average Bonchev–Trinajstić information content (AvgIpc) is 2.88. The summed E-state index contributed by atoms with van der Waals surface area (Å²) in [4.78, 5) is 6.95. The molecule has 1 aliphatic heterocycles. The molecule has 0 aromatic carbocycles. The smallest absolute Gasteiger partial charge is 0.114 e. The molecule has 3 heterocycles. The SMILES string of the molecule is NCc1ccn2c(CCN3CCOCC3)ncc2c1. The van der Waals surface area contributed by atoms with E-state index in [4.69, 9.17) is 10.5 Å². The van der Waals surface area contributed by atoms with Crippen LogP contribution in [0.25, 0.3) is 5.52 Å². The Morgan fingerprint density at radius 3 is 2.95 bits per heavy atom. The van der Waals surface area contributed by atoms with Crippen LogP contribution in [0, 0.1) is 0 Å². The highest BCUT2D eigenvalue weighted by atomic mass is 16.5. The lowest BCUT2D eigenvalue weighted by atomic mass is 10.2. The highest BCUT2D eigenvalue weighted by Gasteiger charge is 2.11. The summed E-state index contributed by atoms with van der Waals surface area (Å²) in [5.41, 5.74) is 7.93. The Balaban J connectivity index is 1.70. The fourth-order valence-electron chi connectivity index (χ4n) is 2.50. The van der Waals surface area contributed by atoms with E-state index < -0.39 is 0 Å². The van der Waals surface area contributed by atoms with Gasteiger partial charge in [-0.15, -0.1) is 0 Å². The third kappa shape index (κ3) is 2.78. The van der Waals surface area contributed by atoms with E-state index in [0.717, 1.165) is 56.2 Å². The molecule has 0 radical (unpaired) electrons. The zero-order chi connectivity index (χ0) is 13.1. The number of nitrogens with two attached hydrogens (primary N) is 1. The summed E-state index contributed by atoms with van der Waals surface area (Å²) in [5, 5.41) is 0. The van der Waals surface area contributed by atoms with Crippen molar-refractivity contribution < 1.29 is 4.74 Å². The first-order chi connectivity index (χ1) is 9.36. The number of aromatic nitrogens is 2.